The average molecular weight is 322 g/mol. The van der Waals surface area contributed by atoms with E-state index in [1.165, 1.54) is 5.56 Å². The summed E-state index contributed by atoms with van der Waals surface area (Å²) in [6, 6.07) is 18.1. The summed E-state index contributed by atoms with van der Waals surface area (Å²) in [6.45, 7) is 8.20. The van der Waals surface area contributed by atoms with Crippen LogP contribution in [0.15, 0.2) is 59.7 Å². The molecule has 0 bridgehead atoms. The van der Waals surface area contributed by atoms with Crippen molar-refractivity contribution in [3.8, 4) is 0 Å². The molecule has 1 N–H and O–H groups in total. The van der Waals surface area contributed by atoms with Crippen LogP contribution in [0.25, 0.3) is 0 Å². The third-order valence-corrected chi connectivity index (χ3v) is 4.04. The number of hydrogen-bond donors (Lipinski definition) is 1. The summed E-state index contributed by atoms with van der Waals surface area (Å²) in [5.74, 6) is 0.305. The maximum Gasteiger partial charge on any atom is 0.247 e. The van der Waals surface area contributed by atoms with Crippen LogP contribution in [0.2, 0.25) is 0 Å². The average Bonchev–Trinajstić information content (AvgIpc) is 2.59. The summed E-state index contributed by atoms with van der Waals surface area (Å²) < 4.78 is 0. The van der Waals surface area contributed by atoms with Crippen LogP contribution >= 0.6 is 0 Å². The summed E-state index contributed by atoms with van der Waals surface area (Å²) in [4.78, 5) is 12.3. The highest BCUT2D eigenvalue weighted by Gasteiger charge is 2.15. The summed E-state index contributed by atoms with van der Waals surface area (Å²) in [6.07, 6.45) is 1.06. The molecule has 1 amide bonds. The van der Waals surface area contributed by atoms with Gasteiger partial charge in [0.25, 0.3) is 0 Å². The third-order valence-electron chi connectivity index (χ3n) is 4.04. The van der Waals surface area contributed by atoms with Crippen LogP contribution in [0.4, 0.5) is 0 Å². The number of carbonyl (C=O) groups excluding carboxylic acids is 1. The minimum atomic E-state index is -0.231. The fraction of sp³-hybridized carbons (Fsp3) is 0.333. The lowest BCUT2D eigenvalue weighted by molar-refractivity contribution is -0.122. The number of nitrogens with zero attached hydrogens (tertiary/aromatic N) is 1. The number of benzene rings is 2. The molecule has 3 nitrogen and oxygen atoms in total. The first-order chi connectivity index (χ1) is 11.5. The second-order valence-electron chi connectivity index (χ2n) is 6.60. The smallest absolute Gasteiger partial charge is 0.247 e. The molecule has 0 radical (unpaired) electrons. The van der Waals surface area contributed by atoms with Gasteiger partial charge >= 0.3 is 0 Å². The van der Waals surface area contributed by atoms with Gasteiger partial charge in [-0.25, -0.2) is 5.43 Å². The van der Waals surface area contributed by atoms with Gasteiger partial charge in [-0.15, -0.1) is 0 Å². The molecule has 0 saturated carbocycles. The molecule has 2 aromatic rings. The van der Waals surface area contributed by atoms with E-state index < -0.39 is 0 Å². The molecule has 0 saturated heterocycles. The zero-order valence-corrected chi connectivity index (χ0v) is 14.9. The van der Waals surface area contributed by atoms with Crippen molar-refractivity contribution in [3.63, 3.8) is 0 Å². The Hall–Kier alpha value is -2.42. The highest BCUT2D eigenvalue weighted by molar-refractivity contribution is 5.99. The van der Waals surface area contributed by atoms with E-state index in [2.05, 4.69) is 36.5 Å². The Balaban J connectivity index is 1.99. The molecule has 3 heteroatoms. The van der Waals surface area contributed by atoms with Crippen LogP contribution in [0.3, 0.4) is 0 Å². The van der Waals surface area contributed by atoms with E-state index in [1.807, 2.05) is 56.3 Å². The molecule has 1 atom stereocenters. The Labute approximate surface area is 144 Å². The number of hydrogen-bond acceptors (Lipinski definition) is 2. The van der Waals surface area contributed by atoms with Gasteiger partial charge in [0.2, 0.25) is 5.91 Å². The third kappa shape index (κ3) is 5.05. The summed E-state index contributed by atoms with van der Waals surface area (Å²) >= 11 is 0. The number of amides is 1. The fourth-order valence-corrected chi connectivity index (χ4v) is 2.54. The predicted molar refractivity (Wildman–Crippen MR) is 100 cm³/mol. The first-order valence-corrected chi connectivity index (χ1v) is 8.45. The predicted octanol–water partition coefficient (Wildman–Crippen LogP) is 4.53. The largest absolute Gasteiger partial charge is 0.272 e. The topological polar surface area (TPSA) is 41.5 Å². The Kier molecular flexibility index (Phi) is 6.30. The van der Waals surface area contributed by atoms with Crippen LogP contribution in [-0.2, 0) is 11.2 Å². The molecule has 2 rings (SSSR count). The van der Waals surface area contributed by atoms with E-state index in [4.69, 9.17) is 0 Å². The normalized spacial score (nSPS) is 13.0. The van der Waals surface area contributed by atoms with Gasteiger partial charge in [0.1, 0.15) is 0 Å². The van der Waals surface area contributed by atoms with Crippen LogP contribution < -0.4 is 5.43 Å². The van der Waals surface area contributed by atoms with Crippen molar-refractivity contribution < 1.29 is 4.79 Å². The number of carbonyl (C=O) groups is 1. The molecule has 0 heterocycles. The van der Waals surface area contributed by atoms with Gasteiger partial charge in [0.05, 0.1) is 11.6 Å². The van der Waals surface area contributed by atoms with Crippen molar-refractivity contribution in [2.45, 2.75) is 40.0 Å². The highest BCUT2D eigenvalue weighted by Crippen LogP contribution is 2.17. The SMILES string of the molecule is C/C(=N/NC(=O)[C@H](C)c1ccc(CC(C)C)cc1)c1ccccc1. The monoisotopic (exact) mass is 322 g/mol. The lowest BCUT2D eigenvalue weighted by Crippen LogP contribution is -2.24. The molecule has 0 aliphatic heterocycles. The molecule has 0 aliphatic carbocycles. The highest BCUT2D eigenvalue weighted by atomic mass is 16.2. The molecule has 0 unspecified atom stereocenters. The second-order valence-corrected chi connectivity index (χ2v) is 6.60. The first-order valence-electron chi connectivity index (χ1n) is 8.45. The molecule has 0 aromatic heterocycles. The van der Waals surface area contributed by atoms with Crippen molar-refractivity contribution in [3.05, 3.63) is 71.3 Å². The van der Waals surface area contributed by atoms with E-state index in [0.717, 1.165) is 23.3 Å². The van der Waals surface area contributed by atoms with E-state index in [-0.39, 0.29) is 11.8 Å². The van der Waals surface area contributed by atoms with Crippen molar-refractivity contribution in [1.82, 2.24) is 5.43 Å². The van der Waals surface area contributed by atoms with Crippen LogP contribution in [-0.4, -0.2) is 11.6 Å². The van der Waals surface area contributed by atoms with Crippen LogP contribution in [0.1, 0.15) is 50.3 Å². The van der Waals surface area contributed by atoms with Gasteiger partial charge in [-0.2, -0.15) is 5.10 Å². The van der Waals surface area contributed by atoms with Crippen LogP contribution in [0.5, 0.6) is 0 Å². The van der Waals surface area contributed by atoms with E-state index in [0.29, 0.717) is 5.92 Å². The molecule has 2 aromatic carbocycles. The fourth-order valence-electron chi connectivity index (χ4n) is 2.54. The Morgan fingerprint density at radius 2 is 1.62 bits per heavy atom. The quantitative estimate of drug-likeness (QED) is 0.616. The van der Waals surface area contributed by atoms with Crippen molar-refractivity contribution in [2.75, 3.05) is 0 Å². The van der Waals surface area contributed by atoms with Crippen molar-refractivity contribution >= 4 is 11.6 Å². The lowest BCUT2D eigenvalue weighted by atomic mass is 9.96. The minimum Gasteiger partial charge on any atom is -0.272 e. The Morgan fingerprint density at radius 1 is 1.00 bits per heavy atom. The zero-order chi connectivity index (χ0) is 17.5. The Morgan fingerprint density at radius 3 is 2.21 bits per heavy atom. The first kappa shape index (κ1) is 17.9. The second kappa shape index (κ2) is 8.44. The van der Waals surface area contributed by atoms with Gasteiger partial charge in [-0.05, 0) is 42.9 Å². The van der Waals surface area contributed by atoms with Gasteiger partial charge < -0.3 is 0 Å². The van der Waals surface area contributed by atoms with Gasteiger partial charge in [-0.3, -0.25) is 4.79 Å². The molecule has 0 aliphatic rings. The number of nitrogens with one attached hydrogen (secondary N) is 1. The molecule has 0 spiro atoms. The molecular weight excluding hydrogens is 296 g/mol. The van der Waals surface area contributed by atoms with Crippen molar-refractivity contribution in [2.24, 2.45) is 11.0 Å². The summed E-state index contributed by atoms with van der Waals surface area (Å²) in [5, 5.41) is 4.21. The molecular formula is C21H26N2O. The standard InChI is InChI=1S/C21H26N2O/c1-15(2)14-18-10-12-19(13-11-18)16(3)21(24)23-22-17(4)20-8-6-5-7-9-20/h5-13,15-16H,14H2,1-4H3,(H,23,24)/b22-17-/t16-/m1/s1. The number of hydrazone groups is 1. The van der Waals surface area contributed by atoms with E-state index >= 15 is 0 Å². The summed E-state index contributed by atoms with van der Waals surface area (Å²) in [5.41, 5.74) is 6.79. The maximum absolute atomic E-state index is 12.3. The summed E-state index contributed by atoms with van der Waals surface area (Å²) in [7, 11) is 0. The van der Waals surface area contributed by atoms with Gasteiger partial charge in [0, 0.05) is 0 Å². The van der Waals surface area contributed by atoms with Gasteiger partial charge in [-0.1, -0.05) is 68.4 Å². The van der Waals surface area contributed by atoms with Crippen LogP contribution in [0, 0.1) is 5.92 Å². The Bertz CT molecular complexity index is 688. The lowest BCUT2D eigenvalue weighted by Gasteiger charge is -2.12. The van der Waals surface area contributed by atoms with E-state index in [1.54, 1.807) is 0 Å². The number of rotatable bonds is 6. The van der Waals surface area contributed by atoms with E-state index in [9.17, 15) is 4.79 Å². The van der Waals surface area contributed by atoms with Crippen molar-refractivity contribution in [1.29, 1.82) is 0 Å². The van der Waals surface area contributed by atoms with Gasteiger partial charge in [0.15, 0.2) is 0 Å². The molecule has 126 valence electrons. The zero-order valence-electron chi connectivity index (χ0n) is 14.9. The molecule has 0 fully saturated rings. The maximum atomic E-state index is 12.3. The minimum absolute atomic E-state index is 0.0955. The molecule has 24 heavy (non-hydrogen) atoms.